The molecule has 1 atom stereocenters. The van der Waals surface area contributed by atoms with E-state index in [9.17, 15) is 0 Å². The fraction of sp³-hybridized carbons (Fsp3) is 0.625. The highest BCUT2D eigenvalue weighted by Gasteiger charge is 2.24. The number of nitrogens with one attached hydrogen (secondary N) is 1. The highest BCUT2D eigenvalue weighted by atomic mass is 15.2. The van der Waals surface area contributed by atoms with Crippen LogP contribution in [0.4, 0.5) is 0 Å². The molecule has 1 heterocycles. The van der Waals surface area contributed by atoms with Crippen molar-refractivity contribution in [3.8, 4) is 0 Å². The van der Waals surface area contributed by atoms with Crippen molar-refractivity contribution in [3.05, 3.63) is 35.4 Å². The van der Waals surface area contributed by atoms with Crippen LogP contribution in [-0.2, 0) is 13.1 Å². The van der Waals surface area contributed by atoms with Crippen LogP contribution in [0.15, 0.2) is 24.3 Å². The van der Waals surface area contributed by atoms with E-state index < -0.39 is 0 Å². The summed E-state index contributed by atoms with van der Waals surface area (Å²) in [6.07, 6.45) is 3.79. The lowest BCUT2D eigenvalue weighted by Crippen LogP contribution is -2.39. The molecule has 0 aromatic heterocycles. The Morgan fingerprint density at radius 2 is 1.78 bits per heavy atom. The van der Waals surface area contributed by atoms with E-state index in [1.54, 1.807) is 0 Å². The zero-order chi connectivity index (χ0) is 12.8. The number of fused-ring (bicyclic) bond motifs is 1. The molecule has 18 heavy (non-hydrogen) atoms. The van der Waals surface area contributed by atoms with E-state index in [2.05, 4.69) is 48.3 Å². The monoisotopic (exact) mass is 246 g/mol. The number of rotatable bonds is 7. The molecule has 1 aliphatic rings. The third-order valence-corrected chi connectivity index (χ3v) is 3.81. The van der Waals surface area contributed by atoms with Crippen LogP contribution in [0.2, 0.25) is 0 Å². The van der Waals surface area contributed by atoms with Crippen LogP contribution in [0, 0.1) is 0 Å². The molecule has 0 amide bonds. The van der Waals surface area contributed by atoms with E-state index in [1.807, 2.05) is 0 Å². The molecule has 2 heteroatoms. The van der Waals surface area contributed by atoms with Gasteiger partial charge in [-0.3, -0.25) is 4.90 Å². The van der Waals surface area contributed by atoms with Gasteiger partial charge in [0.05, 0.1) is 0 Å². The van der Waals surface area contributed by atoms with Gasteiger partial charge in [0, 0.05) is 25.7 Å². The molecule has 0 bridgehead atoms. The van der Waals surface area contributed by atoms with E-state index in [0.29, 0.717) is 6.04 Å². The minimum absolute atomic E-state index is 0.689. The molecule has 0 saturated heterocycles. The standard InChI is InChI=1S/C16H26N2/c1-3-7-16(11-17-10-4-2)18-12-14-8-5-6-9-15(14)13-18/h5-6,8-9,16-17H,3-4,7,10-13H2,1-2H3. The first-order chi connectivity index (χ1) is 8.85. The lowest BCUT2D eigenvalue weighted by Gasteiger charge is -2.27. The minimum Gasteiger partial charge on any atom is -0.315 e. The zero-order valence-corrected chi connectivity index (χ0v) is 11.8. The van der Waals surface area contributed by atoms with Crippen molar-refractivity contribution in [2.24, 2.45) is 0 Å². The van der Waals surface area contributed by atoms with E-state index in [0.717, 1.165) is 26.2 Å². The van der Waals surface area contributed by atoms with Gasteiger partial charge in [0.2, 0.25) is 0 Å². The number of hydrogen-bond donors (Lipinski definition) is 1. The molecule has 0 aliphatic carbocycles. The van der Waals surface area contributed by atoms with Crippen molar-refractivity contribution < 1.29 is 0 Å². The highest BCUT2D eigenvalue weighted by molar-refractivity contribution is 5.30. The summed E-state index contributed by atoms with van der Waals surface area (Å²) in [7, 11) is 0. The summed E-state index contributed by atoms with van der Waals surface area (Å²) in [5.74, 6) is 0. The van der Waals surface area contributed by atoms with E-state index in [-0.39, 0.29) is 0 Å². The smallest absolute Gasteiger partial charge is 0.0244 e. The molecular weight excluding hydrogens is 220 g/mol. The van der Waals surface area contributed by atoms with Crippen LogP contribution in [0.25, 0.3) is 0 Å². The van der Waals surface area contributed by atoms with Crippen LogP contribution in [0.5, 0.6) is 0 Å². The summed E-state index contributed by atoms with van der Waals surface area (Å²) in [6, 6.07) is 9.56. The van der Waals surface area contributed by atoms with Gasteiger partial charge in [-0.2, -0.15) is 0 Å². The maximum Gasteiger partial charge on any atom is 0.0244 e. The molecule has 1 aromatic rings. The van der Waals surface area contributed by atoms with Gasteiger partial charge in [0.15, 0.2) is 0 Å². The van der Waals surface area contributed by atoms with Crippen molar-refractivity contribution in [1.29, 1.82) is 0 Å². The Kier molecular flexibility index (Phi) is 5.21. The van der Waals surface area contributed by atoms with E-state index in [1.165, 1.54) is 30.4 Å². The van der Waals surface area contributed by atoms with Crippen molar-refractivity contribution in [2.45, 2.75) is 52.2 Å². The van der Waals surface area contributed by atoms with Crippen LogP contribution < -0.4 is 5.32 Å². The van der Waals surface area contributed by atoms with Crippen LogP contribution in [0.3, 0.4) is 0 Å². The Morgan fingerprint density at radius 1 is 1.11 bits per heavy atom. The van der Waals surface area contributed by atoms with E-state index >= 15 is 0 Å². The number of benzene rings is 1. The molecule has 1 unspecified atom stereocenters. The maximum absolute atomic E-state index is 3.58. The SMILES string of the molecule is CCCNCC(CCC)N1Cc2ccccc2C1. The molecule has 100 valence electrons. The van der Waals surface area contributed by atoms with Gasteiger partial charge in [-0.05, 0) is 30.5 Å². The first-order valence-electron chi connectivity index (χ1n) is 7.36. The second-order valence-corrected chi connectivity index (χ2v) is 5.32. The van der Waals surface area contributed by atoms with Gasteiger partial charge in [-0.15, -0.1) is 0 Å². The lowest BCUT2D eigenvalue weighted by molar-refractivity contribution is 0.183. The molecule has 0 fully saturated rings. The van der Waals surface area contributed by atoms with Gasteiger partial charge in [0.1, 0.15) is 0 Å². The minimum atomic E-state index is 0.689. The van der Waals surface area contributed by atoms with E-state index in [4.69, 9.17) is 0 Å². The summed E-state index contributed by atoms with van der Waals surface area (Å²) in [5, 5.41) is 3.58. The van der Waals surface area contributed by atoms with Gasteiger partial charge in [0.25, 0.3) is 0 Å². The Labute approximate surface area is 111 Å². The summed E-state index contributed by atoms with van der Waals surface area (Å²) < 4.78 is 0. The van der Waals surface area contributed by atoms with Gasteiger partial charge >= 0.3 is 0 Å². The molecule has 1 aliphatic heterocycles. The van der Waals surface area contributed by atoms with Crippen molar-refractivity contribution in [1.82, 2.24) is 10.2 Å². The Morgan fingerprint density at radius 3 is 2.33 bits per heavy atom. The zero-order valence-electron chi connectivity index (χ0n) is 11.8. The maximum atomic E-state index is 3.58. The first kappa shape index (κ1) is 13.6. The largest absolute Gasteiger partial charge is 0.315 e. The summed E-state index contributed by atoms with van der Waals surface area (Å²) in [4.78, 5) is 2.64. The van der Waals surface area contributed by atoms with Crippen LogP contribution in [-0.4, -0.2) is 24.0 Å². The molecule has 1 N–H and O–H groups in total. The van der Waals surface area contributed by atoms with Crippen molar-refractivity contribution in [2.75, 3.05) is 13.1 Å². The molecule has 2 nitrogen and oxygen atoms in total. The normalized spacial score (nSPS) is 16.8. The fourth-order valence-electron chi connectivity index (χ4n) is 2.81. The molecule has 0 radical (unpaired) electrons. The topological polar surface area (TPSA) is 15.3 Å². The molecule has 0 saturated carbocycles. The first-order valence-corrected chi connectivity index (χ1v) is 7.36. The Balaban J connectivity index is 1.92. The van der Waals surface area contributed by atoms with Crippen LogP contribution in [0.1, 0.15) is 44.2 Å². The van der Waals surface area contributed by atoms with Crippen molar-refractivity contribution >= 4 is 0 Å². The quantitative estimate of drug-likeness (QED) is 0.743. The van der Waals surface area contributed by atoms with Crippen molar-refractivity contribution in [3.63, 3.8) is 0 Å². The van der Waals surface area contributed by atoms with Gasteiger partial charge < -0.3 is 5.32 Å². The Bertz CT molecular complexity index is 337. The molecular formula is C16H26N2. The third-order valence-electron chi connectivity index (χ3n) is 3.81. The predicted molar refractivity (Wildman–Crippen MR) is 77.5 cm³/mol. The average molecular weight is 246 g/mol. The highest BCUT2D eigenvalue weighted by Crippen LogP contribution is 2.25. The predicted octanol–water partition coefficient (Wildman–Crippen LogP) is 3.17. The lowest BCUT2D eigenvalue weighted by atomic mass is 10.1. The fourth-order valence-corrected chi connectivity index (χ4v) is 2.81. The number of hydrogen-bond acceptors (Lipinski definition) is 2. The third kappa shape index (κ3) is 3.33. The van der Waals surface area contributed by atoms with Gasteiger partial charge in [-0.25, -0.2) is 0 Å². The second kappa shape index (κ2) is 6.91. The summed E-state index contributed by atoms with van der Waals surface area (Å²) >= 11 is 0. The van der Waals surface area contributed by atoms with Gasteiger partial charge in [-0.1, -0.05) is 44.5 Å². The Hall–Kier alpha value is -0.860. The molecule has 1 aromatic carbocycles. The molecule has 2 rings (SSSR count). The summed E-state index contributed by atoms with van der Waals surface area (Å²) in [5.41, 5.74) is 3.04. The average Bonchev–Trinajstić information content (AvgIpc) is 2.81. The number of nitrogens with zero attached hydrogens (tertiary/aromatic N) is 1. The molecule has 0 spiro atoms. The van der Waals surface area contributed by atoms with Crippen LogP contribution >= 0.6 is 0 Å². The second-order valence-electron chi connectivity index (χ2n) is 5.32. The summed E-state index contributed by atoms with van der Waals surface area (Å²) in [6.45, 7) is 9.06.